The molecule has 0 radical (unpaired) electrons. The van der Waals surface area contributed by atoms with Crippen LogP contribution in [0.4, 0.5) is 0 Å². The van der Waals surface area contributed by atoms with Crippen molar-refractivity contribution in [3.63, 3.8) is 0 Å². The summed E-state index contributed by atoms with van der Waals surface area (Å²) in [5.41, 5.74) is 0.624. The average molecular weight is 279 g/mol. The van der Waals surface area contributed by atoms with Crippen molar-refractivity contribution in [2.24, 2.45) is 5.92 Å². The second-order valence-electron chi connectivity index (χ2n) is 4.87. The quantitative estimate of drug-likeness (QED) is 0.721. The van der Waals surface area contributed by atoms with Crippen molar-refractivity contribution >= 4 is 10.8 Å². The van der Waals surface area contributed by atoms with E-state index in [2.05, 4.69) is 19.9 Å². The fourth-order valence-corrected chi connectivity index (χ4v) is 2.89. The van der Waals surface area contributed by atoms with E-state index in [0.717, 1.165) is 12.2 Å². The molecule has 0 aromatic heterocycles. The molecule has 0 spiro atoms. The number of hydrogen-bond acceptors (Lipinski definition) is 3. The summed E-state index contributed by atoms with van der Waals surface area (Å²) in [6.45, 7) is 6.77. The second-order valence-corrected chi connectivity index (χ2v) is 6.79. The maximum Gasteiger partial charge on any atom is 0.119 e. The Kier molecular flexibility index (Phi) is 6.58. The Morgan fingerprint density at radius 2 is 1.89 bits per heavy atom. The maximum absolute atomic E-state index is 11.9. The van der Waals surface area contributed by atoms with Gasteiger partial charge in [0.15, 0.2) is 0 Å². The van der Waals surface area contributed by atoms with E-state index in [4.69, 9.17) is 10.00 Å². The van der Waals surface area contributed by atoms with Gasteiger partial charge in [-0.1, -0.05) is 20.8 Å². The van der Waals surface area contributed by atoms with Gasteiger partial charge in [0.2, 0.25) is 0 Å². The Bertz CT molecular complexity index is 448. The minimum absolute atomic E-state index is 0.231. The summed E-state index contributed by atoms with van der Waals surface area (Å²) in [4.78, 5) is 0. The molecule has 1 aromatic rings. The Morgan fingerprint density at radius 3 is 2.42 bits per heavy atom. The number of rotatable bonds is 7. The highest BCUT2D eigenvalue weighted by atomic mass is 32.2. The van der Waals surface area contributed by atoms with Crippen molar-refractivity contribution in [3.8, 4) is 11.8 Å². The number of ether oxygens (including phenoxy) is 1. The largest absolute Gasteiger partial charge is 0.494 e. The molecule has 0 saturated carbocycles. The van der Waals surface area contributed by atoms with Gasteiger partial charge in [-0.3, -0.25) is 4.21 Å². The third kappa shape index (κ3) is 5.44. The zero-order valence-corrected chi connectivity index (χ0v) is 12.6. The summed E-state index contributed by atoms with van der Waals surface area (Å²) >= 11 is 0. The number of nitrogens with zero attached hydrogens (tertiary/aromatic N) is 1. The van der Waals surface area contributed by atoms with Crippen molar-refractivity contribution in [1.29, 1.82) is 5.26 Å². The van der Waals surface area contributed by atoms with Gasteiger partial charge in [-0.2, -0.15) is 5.26 Å². The van der Waals surface area contributed by atoms with E-state index in [-0.39, 0.29) is 5.25 Å². The van der Waals surface area contributed by atoms with Crippen molar-refractivity contribution in [2.45, 2.75) is 32.4 Å². The average Bonchev–Trinajstić information content (AvgIpc) is 2.43. The Hall–Kier alpha value is -1.34. The van der Waals surface area contributed by atoms with Gasteiger partial charge in [0.05, 0.1) is 18.2 Å². The maximum atomic E-state index is 11.9. The molecule has 2 unspecified atom stereocenters. The van der Waals surface area contributed by atoms with Crippen LogP contribution in [0.5, 0.6) is 5.75 Å². The van der Waals surface area contributed by atoms with Crippen LogP contribution in [0.15, 0.2) is 24.3 Å². The minimum Gasteiger partial charge on any atom is -0.494 e. The molecule has 0 bridgehead atoms. The highest BCUT2D eigenvalue weighted by Crippen LogP contribution is 2.13. The minimum atomic E-state index is -0.781. The van der Waals surface area contributed by atoms with Gasteiger partial charge in [-0.25, -0.2) is 0 Å². The van der Waals surface area contributed by atoms with Crippen molar-refractivity contribution in [3.05, 3.63) is 29.8 Å². The van der Waals surface area contributed by atoms with E-state index in [0.29, 0.717) is 23.8 Å². The number of hydrogen-bond donors (Lipinski definition) is 0. The van der Waals surface area contributed by atoms with E-state index < -0.39 is 10.8 Å². The Labute approximate surface area is 118 Å². The topological polar surface area (TPSA) is 50.1 Å². The van der Waals surface area contributed by atoms with Crippen molar-refractivity contribution < 1.29 is 8.95 Å². The molecule has 3 nitrogen and oxygen atoms in total. The summed E-state index contributed by atoms with van der Waals surface area (Å²) in [7, 11) is -0.781. The van der Waals surface area contributed by atoms with E-state index in [1.54, 1.807) is 24.3 Å². The van der Waals surface area contributed by atoms with Gasteiger partial charge < -0.3 is 4.74 Å². The van der Waals surface area contributed by atoms with Crippen LogP contribution in [0.1, 0.15) is 32.8 Å². The molecule has 0 N–H and O–H groups in total. The lowest BCUT2D eigenvalue weighted by Crippen LogP contribution is -2.20. The molecule has 0 fully saturated rings. The van der Waals surface area contributed by atoms with Crippen LogP contribution < -0.4 is 4.74 Å². The van der Waals surface area contributed by atoms with E-state index in [1.165, 1.54) is 0 Å². The molecule has 0 amide bonds. The summed E-state index contributed by atoms with van der Waals surface area (Å²) < 4.78 is 17.5. The normalized spacial score (nSPS) is 13.8. The van der Waals surface area contributed by atoms with Crippen LogP contribution in [-0.4, -0.2) is 21.8 Å². The van der Waals surface area contributed by atoms with Crippen LogP contribution in [0, 0.1) is 17.2 Å². The van der Waals surface area contributed by atoms with Crippen molar-refractivity contribution in [2.75, 3.05) is 12.4 Å². The van der Waals surface area contributed by atoms with E-state index >= 15 is 0 Å². The standard InChI is InChI=1S/C15H21NO2S/c1-12(2)13(3)19(17)10-4-9-18-15-7-5-14(11-16)6-8-15/h5-8,12-13H,4,9-10H2,1-3H3. The highest BCUT2D eigenvalue weighted by Gasteiger charge is 2.14. The Balaban J connectivity index is 2.27. The first-order chi connectivity index (χ1) is 9.04. The van der Waals surface area contributed by atoms with Crippen molar-refractivity contribution in [1.82, 2.24) is 0 Å². The first-order valence-electron chi connectivity index (χ1n) is 6.54. The predicted octanol–water partition coefficient (Wildman–Crippen LogP) is 3.12. The molecule has 1 rings (SSSR count). The van der Waals surface area contributed by atoms with Gasteiger partial charge >= 0.3 is 0 Å². The smallest absolute Gasteiger partial charge is 0.119 e. The SMILES string of the molecule is CC(C)C(C)S(=O)CCCOc1ccc(C#N)cc1. The van der Waals surface area contributed by atoms with Gasteiger partial charge in [-0.05, 0) is 36.6 Å². The molecule has 0 aliphatic heterocycles. The lowest BCUT2D eigenvalue weighted by molar-refractivity contribution is 0.318. The van der Waals surface area contributed by atoms with Gasteiger partial charge in [0.1, 0.15) is 5.75 Å². The molecule has 104 valence electrons. The van der Waals surface area contributed by atoms with Gasteiger partial charge in [0.25, 0.3) is 0 Å². The van der Waals surface area contributed by atoms with Crippen LogP contribution in [0.3, 0.4) is 0 Å². The second kappa shape index (κ2) is 7.96. The lowest BCUT2D eigenvalue weighted by Gasteiger charge is -2.15. The third-order valence-electron chi connectivity index (χ3n) is 3.10. The molecule has 0 heterocycles. The van der Waals surface area contributed by atoms with Crippen LogP contribution in [0.25, 0.3) is 0 Å². The molecule has 2 atom stereocenters. The number of benzene rings is 1. The fourth-order valence-electron chi connectivity index (χ4n) is 1.51. The molecular weight excluding hydrogens is 258 g/mol. The molecular formula is C15H21NO2S. The molecule has 4 heteroatoms. The van der Waals surface area contributed by atoms with Crippen LogP contribution in [0.2, 0.25) is 0 Å². The lowest BCUT2D eigenvalue weighted by atomic mass is 10.2. The van der Waals surface area contributed by atoms with Crippen LogP contribution in [-0.2, 0) is 10.8 Å². The third-order valence-corrected chi connectivity index (χ3v) is 5.16. The van der Waals surface area contributed by atoms with Gasteiger partial charge in [0, 0.05) is 21.8 Å². The number of nitriles is 1. The predicted molar refractivity (Wildman–Crippen MR) is 78.6 cm³/mol. The molecule has 1 aromatic carbocycles. The fraction of sp³-hybridized carbons (Fsp3) is 0.533. The molecule has 19 heavy (non-hydrogen) atoms. The summed E-state index contributed by atoms with van der Waals surface area (Å²) in [6.07, 6.45) is 0.781. The molecule has 0 saturated heterocycles. The van der Waals surface area contributed by atoms with Crippen LogP contribution >= 0.6 is 0 Å². The zero-order valence-electron chi connectivity index (χ0n) is 11.8. The summed E-state index contributed by atoms with van der Waals surface area (Å²) in [6, 6.07) is 9.09. The zero-order chi connectivity index (χ0) is 14.3. The van der Waals surface area contributed by atoms with E-state index in [9.17, 15) is 4.21 Å². The summed E-state index contributed by atoms with van der Waals surface area (Å²) in [5, 5.41) is 8.91. The highest BCUT2D eigenvalue weighted by molar-refractivity contribution is 7.85. The molecule has 0 aliphatic carbocycles. The summed E-state index contributed by atoms with van der Waals surface area (Å²) in [5.74, 6) is 1.87. The monoisotopic (exact) mass is 279 g/mol. The van der Waals surface area contributed by atoms with E-state index in [1.807, 2.05) is 6.92 Å². The molecule has 0 aliphatic rings. The first-order valence-corrected chi connectivity index (χ1v) is 7.93. The Morgan fingerprint density at radius 1 is 1.26 bits per heavy atom. The first kappa shape index (κ1) is 15.7. The van der Waals surface area contributed by atoms with Gasteiger partial charge in [-0.15, -0.1) is 0 Å².